The van der Waals surface area contributed by atoms with Gasteiger partial charge in [-0.2, -0.15) is 5.10 Å². The number of hydrogen-bond acceptors (Lipinski definition) is 3. The molecule has 2 aromatic rings. The molecule has 4 rings (SSSR count). The average molecular weight is 396 g/mol. The molecule has 0 bridgehead atoms. The third kappa shape index (κ3) is 4.17. The first-order chi connectivity index (χ1) is 13.8. The zero-order valence-electron chi connectivity index (χ0n) is 18.1. The molecule has 0 radical (unpaired) electrons. The Morgan fingerprint density at radius 2 is 2.00 bits per heavy atom. The van der Waals surface area contributed by atoms with Crippen molar-refractivity contribution in [3.05, 3.63) is 47.8 Å². The van der Waals surface area contributed by atoms with Crippen LogP contribution in [0.5, 0.6) is 0 Å². The number of nitrogens with zero attached hydrogens (tertiary/aromatic N) is 4. The summed E-state index contributed by atoms with van der Waals surface area (Å²) in [5.41, 5.74) is 3.40. The van der Waals surface area contributed by atoms with Crippen molar-refractivity contribution in [2.75, 3.05) is 20.1 Å². The van der Waals surface area contributed by atoms with Gasteiger partial charge in [-0.1, -0.05) is 32.0 Å². The van der Waals surface area contributed by atoms with Crippen molar-refractivity contribution in [2.45, 2.75) is 58.7 Å². The second-order valence-electron chi connectivity index (χ2n) is 9.48. The highest BCUT2D eigenvalue weighted by Gasteiger charge is 2.34. The van der Waals surface area contributed by atoms with E-state index in [1.807, 2.05) is 34.0 Å². The van der Waals surface area contributed by atoms with Crippen molar-refractivity contribution in [3.8, 4) is 5.69 Å². The molecule has 1 fully saturated rings. The van der Waals surface area contributed by atoms with E-state index < -0.39 is 0 Å². The van der Waals surface area contributed by atoms with Crippen molar-refractivity contribution in [3.63, 3.8) is 0 Å². The Kier molecular flexibility index (Phi) is 5.38. The van der Waals surface area contributed by atoms with Gasteiger partial charge >= 0.3 is 6.03 Å². The normalized spacial score (nSPS) is 24.6. The summed E-state index contributed by atoms with van der Waals surface area (Å²) >= 11 is 0. The fraction of sp³-hybridized carbons (Fsp3) is 0.565. The number of fused-ring (bicyclic) bond motifs is 1. The Hall–Kier alpha value is -2.34. The number of rotatable bonds is 2. The van der Waals surface area contributed by atoms with Crippen LogP contribution < -0.4 is 5.32 Å². The molecular weight excluding hydrogens is 362 g/mol. The van der Waals surface area contributed by atoms with Crippen LogP contribution in [-0.2, 0) is 13.0 Å². The van der Waals surface area contributed by atoms with E-state index >= 15 is 0 Å². The molecule has 0 saturated carbocycles. The molecule has 2 unspecified atom stereocenters. The molecule has 2 atom stereocenters. The summed E-state index contributed by atoms with van der Waals surface area (Å²) in [4.78, 5) is 17.5. The number of amides is 2. The van der Waals surface area contributed by atoms with E-state index in [9.17, 15) is 4.79 Å². The molecule has 156 valence electrons. The zero-order valence-corrected chi connectivity index (χ0v) is 18.1. The molecule has 1 aromatic carbocycles. The van der Waals surface area contributed by atoms with Gasteiger partial charge in [0, 0.05) is 29.9 Å². The van der Waals surface area contributed by atoms with E-state index in [1.54, 1.807) is 0 Å². The number of hydrogen-bond donors (Lipinski definition) is 1. The molecule has 2 amide bonds. The minimum absolute atomic E-state index is 0.0237. The molecule has 6 heteroatoms. The maximum Gasteiger partial charge on any atom is 0.317 e. The predicted octanol–water partition coefficient (Wildman–Crippen LogP) is 3.45. The predicted molar refractivity (Wildman–Crippen MR) is 115 cm³/mol. The molecule has 0 spiro atoms. The first-order valence-corrected chi connectivity index (χ1v) is 10.7. The van der Waals surface area contributed by atoms with Crippen LogP contribution in [0.25, 0.3) is 5.69 Å². The maximum atomic E-state index is 13.2. The van der Waals surface area contributed by atoms with E-state index in [4.69, 9.17) is 0 Å². The number of benzene rings is 1. The number of aromatic nitrogens is 2. The number of likely N-dealkylation sites (tertiary alicyclic amines) is 1. The van der Waals surface area contributed by atoms with Crippen molar-refractivity contribution in [1.29, 1.82) is 0 Å². The number of urea groups is 1. The van der Waals surface area contributed by atoms with Crippen molar-refractivity contribution in [1.82, 2.24) is 24.9 Å². The summed E-state index contributed by atoms with van der Waals surface area (Å²) in [5.74, 6) is 0. The third-order valence-corrected chi connectivity index (χ3v) is 6.48. The SMILES string of the molecule is CC1C(NC(=O)N2Cc3cnn(-c4ccccc4)c3CC(C)(C)C2)CCCN1C. The van der Waals surface area contributed by atoms with Crippen LogP contribution in [0.1, 0.15) is 44.9 Å². The van der Waals surface area contributed by atoms with Crippen LogP contribution in [0.2, 0.25) is 0 Å². The van der Waals surface area contributed by atoms with Gasteiger partial charge in [-0.05, 0) is 57.3 Å². The summed E-state index contributed by atoms with van der Waals surface area (Å²) in [6.07, 6.45) is 5.00. The Morgan fingerprint density at radius 3 is 2.76 bits per heavy atom. The van der Waals surface area contributed by atoms with E-state index in [0.717, 1.165) is 43.6 Å². The van der Waals surface area contributed by atoms with E-state index in [2.05, 4.69) is 55.3 Å². The van der Waals surface area contributed by atoms with Crippen LogP contribution in [-0.4, -0.2) is 57.8 Å². The highest BCUT2D eigenvalue weighted by Crippen LogP contribution is 2.31. The van der Waals surface area contributed by atoms with E-state index in [-0.39, 0.29) is 17.5 Å². The molecule has 6 nitrogen and oxygen atoms in total. The van der Waals surface area contributed by atoms with E-state index in [0.29, 0.717) is 12.6 Å². The van der Waals surface area contributed by atoms with Gasteiger partial charge in [-0.25, -0.2) is 9.48 Å². The zero-order chi connectivity index (χ0) is 20.6. The van der Waals surface area contributed by atoms with E-state index in [1.165, 1.54) is 5.69 Å². The van der Waals surface area contributed by atoms with Crippen LogP contribution in [0.3, 0.4) is 0 Å². The maximum absolute atomic E-state index is 13.2. The summed E-state index contributed by atoms with van der Waals surface area (Å²) < 4.78 is 2.04. The summed E-state index contributed by atoms with van der Waals surface area (Å²) in [6.45, 7) is 9.13. The summed E-state index contributed by atoms with van der Waals surface area (Å²) in [6, 6.07) is 10.9. The fourth-order valence-corrected chi connectivity index (χ4v) is 4.71. The number of para-hydroxylation sites is 1. The van der Waals surface area contributed by atoms with Gasteiger partial charge in [0.05, 0.1) is 18.4 Å². The van der Waals surface area contributed by atoms with Crippen LogP contribution in [0.15, 0.2) is 36.5 Å². The minimum Gasteiger partial charge on any atom is -0.334 e. The molecule has 3 heterocycles. The molecule has 0 aliphatic carbocycles. The van der Waals surface area contributed by atoms with Gasteiger partial charge in [0.15, 0.2) is 0 Å². The van der Waals surface area contributed by atoms with Crippen molar-refractivity contribution < 1.29 is 4.79 Å². The molecule has 1 N–H and O–H groups in total. The smallest absolute Gasteiger partial charge is 0.317 e. The van der Waals surface area contributed by atoms with Crippen LogP contribution in [0, 0.1) is 5.41 Å². The number of carbonyl (C=O) groups excluding carboxylic acids is 1. The topological polar surface area (TPSA) is 53.4 Å². The lowest BCUT2D eigenvalue weighted by atomic mass is 9.87. The Labute approximate surface area is 173 Å². The van der Waals surface area contributed by atoms with Gasteiger partial charge < -0.3 is 15.1 Å². The lowest BCUT2D eigenvalue weighted by molar-refractivity contribution is 0.133. The highest BCUT2D eigenvalue weighted by atomic mass is 16.2. The van der Waals surface area contributed by atoms with Crippen LogP contribution >= 0.6 is 0 Å². The monoisotopic (exact) mass is 395 g/mol. The Balaban J connectivity index is 1.56. The Bertz CT molecular complexity index is 859. The first-order valence-electron chi connectivity index (χ1n) is 10.7. The average Bonchev–Trinajstić information content (AvgIpc) is 3.00. The number of piperidine rings is 1. The molecule has 29 heavy (non-hydrogen) atoms. The molecule has 1 saturated heterocycles. The second-order valence-corrected chi connectivity index (χ2v) is 9.48. The molecule has 1 aromatic heterocycles. The van der Waals surface area contributed by atoms with Crippen molar-refractivity contribution >= 4 is 6.03 Å². The van der Waals surface area contributed by atoms with Crippen LogP contribution in [0.4, 0.5) is 4.79 Å². The quantitative estimate of drug-likeness (QED) is 0.847. The van der Waals surface area contributed by atoms with Gasteiger partial charge in [-0.15, -0.1) is 0 Å². The lowest BCUT2D eigenvalue weighted by Crippen LogP contribution is -2.55. The largest absolute Gasteiger partial charge is 0.334 e. The van der Waals surface area contributed by atoms with Crippen molar-refractivity contribution in [2.24, 2.45) is 5.41 Å². The number of likely N-dealkylation sites (N-methyl/N-ethyl adjacent to an activating group) is 1. The van der Waals surface area contributed by atoms with Gasteiger partial charge in [0.1, 0.15) is 0 Å². The number of carbonyl (C=O) groups is 1. The fourth-order valence-electron chi connectivity index (χ4n) is 4.71. The van der Waals surface area contributed by atoms with Gasteiger partial charge in [0.25, 0.3) is 0 Å². The highest BCUT2D eigenvalue weighted by molar-refractivity contribution is 5.75. The Morgan fingerprint density at radius 1 is 1.24 bits per heavy atom. The molecule has 2 aliphatic rings. The summed E-state index contributed by atoms with van der Waals surface area (Å²) in [5, 5.41) is 7.98. The number of nitrogens with one attached hydrogen (secondary N) is 1. The second kappa shape index (κ2) is 7.82. The van der Waals surface area contributed by atoms with Gasteiger partial charge in [-0.3, -0.25) is 0 Å². The van der Waals surface area contributed by atoms with Gasteiger partial charge in [0.2, 0.25) is 0 Å². The molecule has 2 aliphatic heterocycles. The third-order valence-electron chi connectivity index (χ3n) is 6.48. The standard InChI is InChI=1S/C23H33N5O/c1-17-20(11-8-12-26(17)4)25-22(29)27-15-18-14-24-28(19-9-6-5-7-10-19)21(18)13-23(2,3)16-27/h5-7,9-10,14,17,20H,8,11-13,15-16H2,1-4H3,(H,25,29). The minimum atomic E-state index is -0.0237. The lowest BCUT2D eigenvalue weighted by Gasteiger charge is -2.39. The summed E-state index contributed by atoms with van der Waals surface area (Å²) in [7, 11) is 2.14. The first kappa shape index (κ1) is 20.0. The molecular formula is C23H33N5O.